The van der Waals surface area contributed by atoms with Crippen molar-refractivity contribution in [1.82, 2.24) is 28.9 Å². The average molecular weight is 771 g/mol. The molecule has 4 heterocycles. The van der Waals surface area contributed by atoms with Crippen LogP contribution >= 0.6 is 11.6 Å². The van der Waals surface area contributed by atoms with Gasteiger partial charge in [-0.2, -0.15) is 0 Å². The van der Waals surface area contributed by atoms with Crippen LogP contribution in [-0.4, -0.2) is 90.7 Å². The molecule has 0 radical (unpaired) electrons. The highest BCUT2D eigenvalue weighted by Crippen LogP contribution is 2.40. The normalized spacial score (nSPS) is 20.7. The van der Waals surface area contributed by atoms with Crippen LogP contribution in [0.15, 0.2) is 36.4 Å². The lowest BCUT2D eigenvalue weighted by Crippen LogP contribution is -2.45. The van der Waals surface area contributed by atoms with Crippen LogP contribution in [0.25, 0.3) is 11.1 Å². The summed E-state index contributed by atoms with van der Waals surface area (Å²) >= 11 is 7.02. The number of hydrogen-bond donors (Lipinski definition) is 3. The van der Waals surface area contributed by atoms with E-state index in [0.717, 1.165) is 85.5 Å². The number of aromatic nitrogens is 4. The van der Waals surface area contributed by atoms with Crippen molar-refractivity contribution in [2.75, 3.05) is 37.4 Å². The Morgan fingerprint density at radius 2 is 1.47 bits per heavy atom. The summed E-state index contributed by atoms with van der Waals surface area (Å²) in [4.78, 5) is 53.8. The number of nitrogens with one attached hydrogen (secondary N) is 2. The van der Waals surface area contributed by atoms with Crippen molar-refractivity contribution in [3.05, 3.63) is 81.4 Å². The van der Waals surface area contributed by atoms with Crippen molar-refractivity contribution >= 4 is 40.8 Å². The standard InChI is InChI=1S/C41H51ClN8O5/c1-24(51)21-49-19-15-33-31(22-49)43-36(47(33)4)38(52)45-29-11-7-9-27(25(29)2)28-10-8-12-30(35(28)42)46-39(53)37-44-32-23-50(20-16-34(32)48(37)5)26-13-17-41(3,18-14-26)40(54)55-6/h7-12,24,26,51H,13-23H2,1-6H3,(H,45,52)(H,46,53)/t24-,26?,41?/m0/s1. The van der Waals surface area contributed by atoms with Gasteiger partial charge in [0.1, 0.15) is 0 Å². The second-order valence-corrected chi connectivity index (χ2v) is 16.0. The molecular formula is C41H51ClN8O5. The molecule has 2 aromatic carbocycles. The Morgan fingerprint density at radius 1 is 0.909 bits per heavy atom. The molecule has 1 atom stereocenters. The highest BCUT2D eigenvalue weighted by atomic mass is 35.5. The molecule has 55 heavy (non-hydrogen) atoms. The molecule has 1 saturated carbocycles. The number of carbonyl (C=O) groups is 3. The number of rotatable bonds is 9. The number of imidazole rings is 2. The predicted molar refractivity (Wildman–Crippen MR) is 211 cm³/mol. The van der Waals surface area contributed by atoms with Crippen LogP contribution in [-0.2, 0) is 49.6 Å². The zero-order chi connectivity index (χ0) is 39.2. The molecule has 7 rings (SSSR count). The van der Waals surface area contributed by atoms with Gasteiger partial charge >= 0.3 is 5.97 Å². The zero-order valence-electron chi connectivity index (χ0n) is 32.5. The van der Waals surface area contributed by atoms with Gasteiger partial charge in [-0.25, -0.2) is 9.97 Å². The fourth-order valence-corrected chi connectivity index (χ4v) is 8.96. The van der Waals surface area contributed by atoms with Crippen LogP contribution in [0.3, 0.4) is 0 Å². The van der Waals surface area contributed by atoms with Gasteiger partial charge in [-0.3, -0.25) is 24.2 Å². The first-order chi connectivity index (χ1) is 26.3. The molecular weight excluding hydrogens is 720 g/mol. The number of carbonyl (C=O) groups excluding carboxylic acids is 3. The third-order valence-corrected chi connectivity index (χ3v) is 12.3. The number of amides is 2. The van der Waals surface area contributed by atoms with E-state index in [1.165, 1.54) is 7.11 Å². The van der Waals surface area contributed by atoms with Gasteiger partial charge in [0.25, 0.3) is 11.8 Å². The van der Waals surface area contributed by atoms with Crippen molar-refractivity contribution in [2.45, 2.75) is 84.5 Å². The molecule has 1 fully saturated rings. The van der Waals surface area contributed by atoms with Gasteiger partial charge in [-0.1, -0.05) is 35.9 Å². The van der Waals surface area contributed by atoms with Crippen molar-refractivity contribution in [1.29, 1.82) is 0 Å². The fourth-order valence-electron chi connectivity index (χ4n) is 8.69. The molecule has 0 unspecified atom stereocenters. The van der Waals surface area contributed by atoms with Gasteiger partial charge < -0.3 is 29.6 Å². The minimum Gasteiger partial charge on any atom is -0.469 e. The van der Waals surface area contributed by atoms with E-state index in [-0.39, 0.29) is 17.8 Å². The lowest BCUT2D eigenvalue weighted by atomic mass is 9.73. The SMILES string of the molecule is COC(=O)C1(C)CCC(N2CCc3c(nc(C(=O)Nc4cccc(-c5cccc(NC(=O)c6nc7c(n6C)CCN(C[C@H](C)O)C7)c5C)c4Cl)n3C)C2)CC1. The van der Waals surface area contributed by atoms with Gasteiger partial charge in [0.15, 0.2) is 11.6 Å². The molecule has 2 aliphatic heterocycles. The van der Waals surface area contributed by atoms with Gasteiger partial charge in [0.05, 0.1) is 40.7 Å². The molecule has 13 nitrogen and oxygen atoms in total. The highest BCUT2D eigenvalue weighted by Gasteiger charge is 2.41. The molecule has 0 saturated heterocycles. The predicted octanol–water partition coefficient (Wildman–Crippen LogP) is 5.51. The molecule has 1 aliphatic carbocycles. The largest absolute Gasteiger partial charge is 0.469 e. The number of halogens is 1. The van der Waals surface area contributed by atoms with Crippen molar-refractivity contribution < 1.29 is 24.2 Å². The summed E-state index contributed by atoms with van der Waals surface area (Å²) in [7, 11) is 5.20. The van der Waals surface area contributed by atoms with Crippen molar-refractivity contribution in [3.8, 4) is 11.1 Å². The topological polar surface area (TPSA) is 147 Å². The van der Waals surface area contributed by atoms with Crippen LogP contribution in [0.1, 0.15) is 89.1 Å². The molecule has 3 aliphatic rings. The summed E-state index contributed by atoms with van der Waals surface area (Å²) in [5.41, 5.74) is 6.84. The van der Waals surface area contributed by atoms with E-state index < -0.39 is 11.5 Å². The molecule has 4 aromatic rings. The number of esters is 1. The Morgan fingerprint density at radius 3 is 2.09 bits per heavy atom. The van der Waals surface area contributed by atoms with E-state index in [1.54, 1.807) is 13.0 Å². The Hall–Kier alpha value is -4.56. The molecule has 0 spiro atoms. The highest BCUT2D eigenvalue weighted by molar-refractivity contribution is 6.36. The summed E-state index contributed by atoms with van der Waals surface area (Å²) in [6, 6.07) is 11.5. The van der Waals surface area contributed by atoms with Crippen LogP contribution in [0.5, 0.6) is 0 Å². The maximum atomic E-state index is 13.8. The molecule has 0 bridgehead atoms. The fraction of sp³-hybridized carbons (Fsp3) is 0.488. The number of benzene rings is 2. The van der Waals surface area contributed by atoms with E-state index >= 15 is 0 Å². The van der Waals surface area contributed by atoms with E-state index in [0.29, 0.717) is 59.3 Å². The lowest BCUT2D eigenvalue weighted by Gasteiger charge is -2.41. The first-order valence-electron chi connectivity index (χ1n) is 19.1. The van der Waals surface area contributed by atoms with Crippen molar-refractivity contribution in [2.24, 2.45) is 19.5 Å². The monoisotopic (exact) mass is 770 g/mol. The molecule has 2 amide bonds. The minimum atomic E-state index is -0.436. The quantitative estimate of drug-likeness (QED) is 0.188. The van der Waals surface area contributed by atoms with Crippen LogP contribution in [0.2, 0.25) is 5.02 Å². The van der Waals surface area contributed by atoms with Gasteiger partial charge in [0.2, 0.25) is 0 Å². The maximum absolute atomic E-state index is 13.8. The summed E-state index contributed by atoms with van der Waals surface area (Å²) in [5.74, 6) is -0.140. The van der Waals surface area contributed by atoms with Crippen LogP contribution in [0, 0.1) is 12.3 Å². The molecule has 3 N–H and O–H groups in total. The van der Waals surface area contributed by atoms with Gasteiger partial charge in [0, 0.05) is 88.3 Å². The number of aliphatic hydroxyl groups excluding tert-OH is 1. The number of aliphatic hydroxyl groups is 1. The number of β-amino-alcohol motifs (C(OH)–C–C–N with tert-alkyl or cyclic N) is 1. The number of ether oxygens (including phenoxy) is 1. The minimum absolute atomic E-state index is 0.132. The van der Waals surface area contributed by atoms with Crippen LogP contribution in [0.4, 0.5) is 11.4 Å². The maximum Gasteiger partial charge on any atom is 0.311 e. The van der Waals surface area contributed by atoms with Gasteiger partial charge in [-0.15, -0.1) is 0 Å². The van der Waals surface area contributed by atoms with E-state index in [9.17, 15) is 19.5 Å². The third-order valence-electron chi connectivity index (χ3n) is 11.9. The Bertz CT molecular complexity index is 2130. The zero-order valence-corrected chi connectivity index (χ0v) is 33.3. The third kappa shape index (κ3) is 7.54. The first kappa shape index (κ1) is 38.7. The number of hydrogen-bond acceptors (Lipinski definition) is 9. The Kier molecular flexibility index (Phi) is 10.9. The summed E-state index contributed by atoms with van der Waals surface area (Å²) in [6.07, 6.45) is 4.52. The first-order valence-corrected chi connectivity index (χ1v) is 19.5. The number of anilines is 2. The van der Waals surface area contributed by atoms with E-state index in [2.05, 4.69) is 20.4 Å². The summed E-state index contributed by atoms with van der Waals surface area (Å²) < 4.78 is 8.81. The second-order valence-electron chi connectivity index (χ2n) is 15.7. The second kappa shape index (κ2) is 15.5. The number of fused-ring (bicyclic) bond motifs is 2. The summed E-state index contributed by atoms with van der Waals surface area (Å²) in [6.45, 7) is 9.16. The Labute approximate surface area is 327 Å². The smallest absolute Gasteiger partial charge is 0.311 e. The van der Waals surface area contributed by atoms with Crippen molar-refractivity contribution in [3.63, 3.8) is 0 Å². The number of methoxy groups -OCH3 is 1. The Balaban J connectivity index is 1.04. The average Bonchev–Trinajstić information content (AvgIpc) is 3.68. The molecule has 2 aromatic heterocycles. The van der Waals surface area contributed by atoms with E-state index in [4.69, 9.17) is 26.3 Å². The number of nitrogens with zero attached hydrogens (tertiary/aromatic N) is 6. The molecule has 292 valence electrons. The van der Waals surface area contributed by atoms with Gasteiger partial charge in [-0.05, 0) is 69.7 Å². The molecule has 14 heteroatoms. The van der Waals surface area contributed by atoms with Crippen LogP contribution < -0.4 is 10.6 Å². The van der Waals surface area contributed by atoms with E-state index in [1.807, 2.05) is 67.4 Å². The summed E-state index contributed by atoms with van der Waals surface area (Å²) in [5, 5.41) is 16.3. The lowest BCUT2D eigenvalue weighted by molar-refractivity contribution is -0.154.